The lowest BCUT2D eigenvalue weighted by atomic mass is 10.0. The quantitative estimate of drug-likeness (QED) is 0.519. The van der Waals surface area contributed by atoms with E-state index in [2.05, 4.69) is 49.6 Å². The first-order valence-electron chi connectivity index (χ1n) is 10.5. The van der Waals surface area contributed by atoms with Crippen molar-refractivity contribution in [1.29, 1.82) is 0 Å². The van der Waals surface area contributed by atoms with Crippen molar-refractivity contribution in [2.45, 2.75) is 32.2 Å². The number of rotatable bonds is 6. The van der Waals surface area contributed by atoms with Crippen molar-refractivity contribution in [3.63, 3.8) is 0 Å². The molecule has 0 aliphatic carbocycles. The van der Waals surface area contributed by atoms with E-state index in [1.807, 2.05) is 12.1 Å². The molecule has 1 aliphatic heterocycles. The van der Waals surface area contributed by atoms with Gasteiger partial charge in [-0.05, 0) is 78.1 Å². The van der Waals surface area contributed by atoms with E-state index in [0.29, 0.717) is 16.5 Å². The zero-order valence-corrected chi connectivity index (χ0v) is 20.4. The predicted molar refractivity (Wildman–Crippen MR) is 128 cm³/mol. The minimum absolute atomic E-state index is 0.160. The first-order valence-corrected chi connectivity index (χ1v) is 12.1. The number of nitrogens with one attached hydrogen (secondary N) is 2. The summed E-state index contributed by atoms with van der Waals surface area (Å²) in [6, 6.07) is 8.74. The zero-order chi connectivity index (χ0) is 22.7. The summed E-state index contributed by atoms with van der Waals surface area (Å²) in [6.45, 7) is 3.81. The number of hydrogen-bond donors (Lipinski definition) is 2. The van der Waals surface area contributed by atoms with Gasteiger partial charge >= 0.3 is 0 Å². The van der Waals surface area contributed by atoms with Crippen LogP contribution in [0.4, 0.5) is 5.69 Å². The zero-order valence-electron chi connectivity index (χ0n) is 18.0. The number of likely N-dealkylation sites (N-methyl/N-ethyl adjacent to an activating group) is 1. The van der Waals surface area contributed by atoms with E-state index in [9.17, 15) is 9.59 Å². The van der Waals surface area contributed by atoms with Gasteiger partial charge in [-0.15, -0.1) is 11.3 Å². The number of nitrogens with zero attached hydrogens (tertiary/aromatic N) is 2. The molecule has 1 atom stereocenters. The molecule has 2 aromatic heterocycles. The van der Waals surface area contributed by atoms with Gasteiger partial charge in [0.25, 0.3) is 5.91 Å². The van der Waals surface area contributed by atoms with Crippen LogP contribution in [0.3, 0.4) is 0 Å². The third-order valence-electron chi connectivity index (χ3n) is 5.47. The van der Waals surface area contributed by atoms with Crippen molar-refractivity contribution < 1.29 is 14.0 Å². The van der Waals surface area contributed by atoms with Crippen LogP contribution in [0.2, 0.25) is 0 Å². The van der Waals surface area contributed by atoms with Crippen molar-refractivity contribution in [3.05, 3.63) is 68.0 Å². The molecule has 1 unspecified atom stereocenters. The Morgan fingerprint density at radius 2 is 2.00 bits per heavy atom. The summed E-state index contributed by atoms with van der Waals surface area (Å²) in [7, 11) is 2.12. The summed E-state index contributed by atoms with van der Waals surface area (Å²) in [4.78, 5) is 32.9. The van der Waals surface area contributed by atoms with Gasteiger partial charge in [0, 0.05) is 18.8 Å². The molecule has 2 N–H and O–H groups in total. The molecule has 3 aromatic rings. The summed E-state index contributed by atoms with van der Waals surface area (Å²) < 4.78 is 6.40. The number of oxazole rings is 1. The third kappa shape index (κ3) is 5.65. The lowest BCUT2D eigenvalue weighted by molar-refractivity contribution is -0.118. The maximum absolute atomic E-state index is 13.2. The summed E-state index contributed by atoms with van der Waals surface area (Å²) in [5.41, 5.74) is 3.29. The summed E-state index contributed by atoms with van der Waals surface area (Å²) in [6.07, 6.45) is 3.71. The van der Waals surface area contributed by atoms with E-state index in [-0.39, 0.29) is 18.2 Å². The number of carbonyl (C=O) groups is 2. The molecule has 0 spiro atoms. The van der Waals surface area contributed by atoms with Crippen LogP contribution in [0, 0.1) is 6.92 Å². The molecule has 4 rings (SSSR count). The predicted octanol–water partition coefficient (Wildman–Crippen LogP) is 3.82. The fourth-order valence-electron chi connectivity index (χ4n) is 3.69. The van der Waals surface area contributed by atoms with Gasteiger partial charge in [-0.2, -0.15) is 0 Å². The molecule has 7 nitrogen and oxygen atoms in total. The molecule has 9 heteroatoms. The average Bonchev–Trinajstić information content (AvgIpc) is 3.33. The molecule has 1 aliphatic rings. The highest BCUT2D eigenvalue weighted by Crippen LogP contribution is 2.23. The summed E-state index contributed by atoms with van der Waals surface area (Å²) in [5.74, 6) is 0.438. The Hall–Kier alpha value is -2.49. The number of halogens is 1. The standard InChI is InChI=1S/C23H25BrN4O3S/c1-14-13-25-21(31-14)12-18(27-23(30)19-5-6-20(24)32-19)22(29)26-17-4-3-15-7-9-28(2)10-8-16(15)11-17/h3-6,11,13,18H,7-10,12H2,1-2H3,(H,26,29)(H,27,30). The smallest absolute Gasteiger partial charge is 0.262 e. The topological polar surface area (TPSA) is 87.5 Å². The average molecular weight is 517 g/mol. The number of amides is 2. The van der Waals surface area contributed by atoms with E-state index in [0.717, 1.165) is 35.4 Å². The van der Waals surface area contributed by atoms with Crippen molar-refractivity contribution in [3.8, 4) is 0 Å². The van der Waals surface area contributed by atoms with Gasteiger partial charge in [0.1, 0.15) is 11.8 Å². The van der Waals surface area contributed by atoms with Crippen LogP contribution in [0.5, 0.6) is 0 Å². The number of fused-ring (bicyclic) bond motifs is 1. The lowest BCUT2D eigenvalue weighted by Gasteiger charge is -2.18. The van der Waals surface area contributed by atoms with Gasteiger partial charge in [-0.25, -0.2) is 4.98 Å². The second-order valence-corrected chi connectivity index (χ2v) is 10.4. The molecular weight excluding hydrogens is 492 g/mol. The highest BCUT2D eigenvalue weighted by Gasteiger charge is 2.25. The molecule has 32 heavy (non-hydrogen) atoms. The molecule has 0 fully saturated rings. The van der Waals surface area contributed by atoms with Gasteiger partial charge < -0.3 is 20.0 Å². The Balaban J connectivity index is 1.51. The van der Waals surface area contributed by atoms with Crippen LogP contribution < -0.4 is 10.6 Å². The van der Waals surface area contributed by atoms with Gasteiger partial charge in [0.2, 0.25) is 5.91 Å². The maximum atomic E-state index is 13.2. The number of anilines is 1. The number of benzene rings is 1. The van der Waals surface area contributed by atoms with Crippen LogP contribution in [0.1, 0.15) is 32.4 Å². The number of hydrogen-bond acceptors (Lipinski definition) is 6. The Morgan fingerprint density at radius 1 is 1.22 bits per heavy atom. The lowest BCUT2D eigenvalue weighted by Crippen LogP contribution is -2.45. The number of carbonyl (C=O) groups excluding carboxylic acids is 2. The van der Waals surface area contributed by atoms with E-state index >= 15 is 0 Å². The minimum atomic E-state index is -0.827. The Morgan fingerprint density at radius 3 is 2.69 bits per heavy atom. The van der Waals surface area contributed by atoms with E-state index in [1.54, 1.807) is 25.3 Å². The van der Waals surface area contributed by atoms with Crippen LogP contribution >= 0.6 is 27.3 Å². The molecular formula is C23H25BrN4O3S. The van der Waals surface area contributed by atoms with Crippen LogP contribution in [0.15, 0.2) is 44.7 Å². The molecule has 2 amide bonds. The van der Waals surface area contributed by atoms with Gasteiger partial charge in [-0.1, -0.05) is 6.07 Å². The van der Waals surface area contributed by atoms with E-state index in [4.69, 9.17) is 4.42 Å². The van der Waals surface area contributed by atoms with Gasteiger partial charge in [0.15, 0.2) is 5.89 Å². The highest BCUT2D eigenvalue weighted by molar-refractivity contribution is 9.11. The Bertz CT molecular complexity index is 1130. The Labute approximate surface area is 199 Å². The van der Waals surface area contributed by atoms with Crippen molar-refractivity contribution in [1.82, 2.24) is 15.2 Å². The fraction of sp³-hybridized carbons (Fsp3) is 0.348. The summed E-state index contributed by atoms with van der Waals surface area (Å²) >= 11 is 4.68. The van der Waals surface area contributed by atoms with Gasteiger partial charge in [-0.3, -0.25) is 9.59 Å². The van der Waals surface area contributed by atoms with E-state index in [1.165, 1.54) is 22.5 Å². The molecule has 0 bridgehead atoms. The minimum Gasteiger partial charge on any atom is -0.446 e. The number of aromatic nitrogens is 1. The van der Waals surface area contributed by atoms with Crippen molar-refractivity contribution in [2.24, 2.45) is 0 Å². The fourth-order valence-corrected chi connectivity index (χ4v) is 4.98. The van der Waals surface area contributed by atoms with Crippen LogP contribution in [-0.4, -0.2) is 47.9 Å². The second-order valence-electron chi connectivity index (χ2n) is 7.97. The maximum Gasteiger partial charge on any atom is 0.262 e. The molecule has 0 saturated heterocycles. The molecule has 1 aromatic carbocycles. The van der Waals surface area contributed by atoms with Gasteiger partial charge in [0.05, 0.1) is 21.3 Å². The molecule has 0 radical (unpaired) electrons. The SMILES string of the molecule is Cc1cnc(CC(NC(=O)c2ccc(Br)s2)C(=O)Nc2ccc3c(c2)CCN(C)CC3)o1. The molecule has 0 saturated carbocycles. The normalized spacial score (nSPS) is 15.0. The van der Waals surface area contributed by atoms with Crippen LogP contribution in [-0.2, 0) is 24.1 Å². The van der Waals surface area contributed by atoms with E-state index < -0.39 is 6.04 Å². The monoisotopic (exact) mass is 516 g/mol. The molecule has 168 valence electrons. The summed E-state index contributed by atoms with van der Waals surface area (Å²) in [5, 5.41) is 5.80. The number of thiophene rings is 1. The largest absolute Gasteiger partial charge is 0.446 e. The van der Waals surface area contributed by atoms with Crippen molar-refractivity contribution in [2.75, 3.05) is 25.5 Å². The highest BCUT2D eigenvalue weighted by atomic mass is 79.9. The number of aryl methyl sites for hydroxylation is 1. The first kappa shape index (κ1) is 22.7. The van der Waals surface area contributed by atoms with Crippen LogP contribution in [0.25, 0.3) is 0 Å². The third-order valence-corrected chi connectivity index (χ3v) is 7.09. The van der Waals surface area contributed by atoms with Crippen molar-refractivity contribution >= 4 is 44.8 Å². The Kier molecular flexibility index (Phi) is 7.07. The molecule has 3 heterocycles. The second kappa shape index (κ2) is 9.97. The first-order chi connectivity index (χ1) is 15.4.